The number of aliphatic hydroxyl groups is 1. The van der Waals surface area contributed by atoms with E-state index in [-0.39, 0.29) is 42.8 Å². The lowest BCUT2D eigenvalue weighted by molar-refractivity contribution is -0.135. The first-order chi connectivity index (χ1) is 28.4. The minimum absolute atomic E-state index is 0.0800. The minimum atomic E-state index is -1.48. The van der Waals surface area contributed by atoms with Gasteiger partial charge in [0.25, 0.3) is 11.8 Å². The predicted molar refractivity (Wildman–Crippen MR) is 218 cm³/mol. The van der Waals surface area contributed by atoms with Crippen molar-refractivity contribution in [2.24, 2.45) is 5.92 Å². The first-order valence-electron chi connectivity index (χ1n) is 19.2. The highest BCUT2D eigenvalue weighted by Crippen LogP contribution is 2.37. The van der Waals surface area contributed by atoms with Crippen molar-refractivity contribution in [2.45, 2.75) is 58.3 Å². The molecule has 0 fully saturated rings. The van der Waals surface area contributed by atoms with E-state index >= 15 is 0 Å². The lowest BCUT2D eigenvalue weighted by Gasteiger charge is -2.28. The Morgan fingerprint density at radius 3 is 2.25 bits per heavy atom. The molecular formula is C42H50N8O9. The Labute approximate surface area is 342 Å². The quantitative estimate of drug-likeness (QED) is 0.158. The van der Waals surface area contributed by atoms with Gasteiger partial charge < -0.3 is 50.8 Å². The fourth-order valence-electron chi connectivity index (χ4n) is 6.20. The van der Waals surface area contributed by atoms with Crippen molar-refractivity contribution in [1.29, 1.82) is 0 Å². The highest BCUT2D eigenvalue weighted by molar-refractivity contribution is 5.97. The molecule has 5 amide bonds. The van der Waals surface area contributed by atoms with E-state index in [4.69, 9.17) is 14.2 Å². The van der Waals surface area contributed by atoms with Gasteiger partial charge in [0, 0.05) is 36.7 Å². The summed E-state index contributed by atoms with van der Waals surface area (Å²) in [6.07, 6.45) is 2.10. The average molecular weight is 811 g/mol. The molecule has 312 valence electrons. The maximum Gasteiger partial charge on any atom is 0.257 e. The van der Waals surface area contributed by atoms with Crippen LogP contribution < -0.4 is 40.8 Å². The number of carbonyl (C=O) groups is 5. The third-order valence-electron chi connectivity index (χ3n) is 9.41. The summed E-state index contributed by atoms with van der Waals surface area (Å²) in [7, 11) is 2.94. The molecule has 3 atom stereocenters. The van der Waals surface area contributed by atoms with Crippen molar-refractivity contribution in [2.75, 3.05) is 39.2 Å². The molecule has 17 heteroatoms. The number of benzene rings is 3. The zero-order valence-electron chi connectivity index (χ0n) is 33.6. The fourth-order valence-corrected chi connectivity index (χ4v) is 6.20. The van der Waals surface area contributed by atoms with E-state index in [1.807, 2.05) is 30.3 Å². The summed E-state index contributed by atoms with van der Waals surface area (Å²) in [5.41, 5.74) is 1.61. The molecule has 1 aromatic heterocycles. The van der Waals surface area contributed by atoms with Crippen molar-refractivity contribution >= 4 is 41.2 Å². The van der Waals surface area contributed by atoms with E-state index < -0.39 is 54.3 Å². The summed E-state index contributed by atoms with van der Waals surface area (Å²) in [6.45, 7) is 4.54. The lowest BCUT2D eigenvalue weighted by atomic mass is 10.0. The van der Waals surface area contributed by atoms with E-state index in [0.29, 0.717) is 41.2 Å². The van der Waals surface area contributed by atoms with Crippen LogP contribution in [0.3, 0.4) is 0 Å². The Morgan fingerprint density at radius 1 is 0.847 bits per heavy atom. The Morgan fingerprint density at radius 2 is 1.58 bits per heavy atom. The van der Waals surface area contributed by atoms with Gasteiger partial charge >= 0.3 is 0 Å². The zero-order chi connectivity index (χ0) is 42.5. The number of nitrogens with zero attached hydrogens (tertiary/aromatic N) is 3. The van der Waals surface area contributed by atoms with Crippen molar-refractivity contribution < 1.29 is 43.3 Å². The number of aromatic nitrogens is 2. The second-order valence-electron chi connectivity index (χ2n) is 14.1. The molecule has 0 unspecified atom stereocenters. The second kappa shape index (κ2) is 20.6. The number of methoxy groups -OCH3 is 2. The summed E-state index contributed by atoms with van der Waals surface area (Å²) in [4.78, 5) is 77.9. The predicted octanol–water partition coefficient (Wildman–Crippen LogP) is 3.32. The number of anilines is 2. The molecule has 1 aliphatic heterocycles. The molecule has 17 nitrogen and oxygen atoms in total. The van der Waals surface area contributed by atoms with Crippen LogP contribution in [0.2, 0.25) is 0 Å². The number of amides is 5. The molecule has 0 radical (unpaired) electrons. The smallest absolute Gasteiger partial charge is 0.257 e. The molecule has 0 aliphatic carbocycles. The Hall–Kier alpha value is -6.75. The first-order valence-corrected chi connectivity index (χ1v) is 19.2. The van der Waals surface area contributed by atoms with Gasteiger partial charge in [0.15, 0.2) is 11.5 Å². The van der Waals surface area contributed by atoms with Crippen molar-refractivity contribution in [3.8, 4) is 23.0 Å². The van der Waals surface area contributed by atoms with Crippen molar-refractivity contribution in [1.82, 2.24) is 36.1 Å². The fraction of sp³-hybridized carbons (Fsp3) is 0.357. The van der Waals surface area contributed by atoms with E-state index in [9.17, 15) is 29.1 Å². The molecular weight excluding hydrogens is 761 g/mol. The van der Waals surface area contributed by atoms with Gasteiger partial charge in [-0.15, -0.1) is 0 Å². The maximum atomic E-state index is 13.8. The van der Waals surface area contributed by atoms with E-state index in [0.717, 1.165) is 5.69 Å². The third-order valence-corrected chi connectivity index (χ3v) is 9.41. The summed E-state index contributed by atoms with van der Waals surface area (Å²) < 4.78 is 17.4. The van der Waals surface area contributed by atoms with Crippen LogP contribution in [0.1, 0.15) is 59.9 Å². The van der Waals surface area contributed by atoms with Crippen LogP contribution in [0.25, 0.3) is 0 Å². The second-order valence-corrected chi connectivity index (χ2v) is 14.1. The Bertz CT molecular complexity index is 2100. The summed E-state index contributed by atoms with van der Waals surface area (Å²) in [6, 6.07) is 16.5. The summed E-state index contributed by atoms with van der Waals surface area (Å²) in [5.74, 6) is -1.91. The van der Waals surface area contributed by atoms with Crippen molar-refractivity contribution in [3.05, 3.63) is 95.8 Å². The number of carbonyl (C=O) groups excluding carboxylic acids is 5. The van der Waals surface area contributed by atoms with Gasteiger partial charge in [-0.1, -0.05) is 38.1 Å². The lowest BCUT2D eigenvalue weighted by Crippen LogP contribution is -2.59. The van der Waals surface area contributed by atoms with Gasteiger partial charge in [-0.05, 0) is 68.1 Å². The van der Waals surface area contributed by atoms with E-state index in [1.165, 1.54) is 44.5 Å². The number of nitrogens with one attached hydrogen (secondary N) is 5. The number of rotatable bonds is 7. The number of hydrogen-bond acceptors (Lipinski definition) is 12. The minimum Gasteiger partial charge on any atom is -0.496 e. The molecule has 0 spiro atoms. The molecule has 3 aromatic carbocycles. The monoisotopic (exact) mass is 810 g/mol. The van der Waals surface area contributed by atoms with Gasteiger partial charge in [-0.25, -0.2) is 9.97 Å². The van der Waals surface area contributed by atoms with E-state index in [1.54, 1.807) is 44.2 Å². The largest absolute Gasteiger partial charge is 0.496 e. The van der Waals surface area contributed by atoms with Crippen LogP contribution in [0, 0.1) is 5.92 Å². The van der Waals surface area contributed by atoms with Gasteiger partial charge in [-0.2, -0.15) is 0 Å². The van der Waals surface area contributed by atoms with Crippen LogP contribution >= 0.6 is 0 Å². The number of aliphatic hydroxyl groups excluding tert-OH is 1. The molecule has 5 rings (SSSR count). The number of fused-ring (bicyclic) bond motifs is 3. The van der Waals surface area contributed by atoms with Gasteiger partial charge in [0.1, 0.15) is 23.6 Å². The highest BCUT2D eigenvalue weighted by atomic mass is 16.5. The average Bonchev–Trinajstić information content (AvgIpc) is 3.23. The first kappa shape index (κ1) is 43.4. The zero-order valence-corrected chi connectivity index (χ0v) is 33.6. The SMILES string of the molecule is COc1ccc2cc1Oc1cccc(OC)c1CNC(=O)[C@@H](C(C)C)NC(=O)[C@H]([C@@H](C)O)NC(=O)CN(C(=O)c1cnc(Nc3ccccc3)nc1)CCCCNC2=O. The number of ether oxygens (including phenoxy) is 3. The third kappa shape index (κ3) is 11.7. The van der Waals surface area contributed by atoms with Gasteiger partial charge in [0.05, 0.1) is 44.5 Å². The summed E-state index contributed by atoms with van der Waals surface area (Å²) in [5, 5.41) is 24.6. The Balaban J connectivity index is 1.43. The van der Waals surface area contributed by atoms with Crippen LogP contribution in [-0.4, -0.2) is 102 Å². The maximum absolute atomic E-state index is 13.8. The number of hydrogen-bond donors (Lipinski definition) is 6. The standard InChI is InChI=1S/C42H50N8O9/c1-25(2)36-39(54)44-23-30-31(57-4)14-11-15-32(30)59-34-20-27(16-17-33(34)58-5)38(53)43-18-9-10-19-50(24-35(52)48-37(26(3)51)40(55)49-36)41(56)28-21-45-42(46-22-28)47-29-12-7-6-8-13-29/h6-8,11-17,20-22,25-26,36-37,51H,9-10,18-19,23-24H2,1-5H3,(H,43,53)(H,44,54)(H,48,52)(H,49,55)(H,45,46,47)/t26-,36-,37+/m1/s1. The summed E-state index contributed by atoms with van der Waals surface area (Å²) >= 11 is 0. The van der Waals surface area contributed by atoms with Crippen LogP contribution in [0.5, 0.6) is 23.0 Å². The molecule has 0 saturated carbocycles. The van der Waals surface area contributed by atoms with Crippen LogP contribution in [-0.2, 0) is 20.9 Å². The molecule has 2 heterocycles. The highest BCUT2D eigenvalue weighted by Gasteiger charge is 2.32. The normalized spacial score (nSPS) is 17.8. The molecule has 59 heavy (non-hydrogen) atoms. The van der Waals surface area contributed by atoms with Gasteiger partial charge in [-0.3, -0.25) is 24.0 Å². The van der Waals surface area contributed by atoms with Crippen LogP contribution in [0.15, 0.2) is 79.1 Å². The van der Waals surface area contributed by atoms with Crippen LogP contribution in [0.4, 0.5) is 11.6 Å². The van der Waals surface area contributed by atoms with Gasteiger partial charge in [0.2, 0.25) is 23.7 Å². The molecule has 4 aromatic rings. The molecule has 1 aliphatic rings. The van der Waals surface area contributed by atoms with Crippen molar-refractivity contribution in [3.63, 3.8) is 0 Å². The topological polar surface area (TPSA) is 222 Å². The Kier molecular flexibility index (Phi) is 15.1. The number of para-hydroxylation sites is 1. The molecule has 2 bridgehead atoms. The molecule has 0 saturated heterocycles. The molecule has 6 N–H and O–H groups in total. The van der Waals surface area contributed by atoms with E-state index in [2.05, 4.69) is 36.6 Å².